The topological polar surface area (TPSA) is 69.6 Å². The highest BCUT2D eigenvalue weighted by Crippen LogP contribution is 2.32. The number of para-hydroxylation sites is 2. The van der Waals surface area contributed by atoms with Crippen molar-refractivity contribution >= 4 is 11.6 Å². The van der Waals surface area contributed by atoms with E-state index in [1.54, 1.807) is 0 Å². The Morgan fingerprint density at radius 3 is 2.33 bits per heavy atom. The van der Waals surface area contributed by atoms with Crippen LogP contribution in [0.15, 0.2) is 42.5 Å². The van der Waals surface area contributed by atoms with E-state index in [1.807, 2.05) is 24.3 Å². The average molecular weight is 285 g/mol. The zero-order valence-corrected chi connectivity index (χ0v) is 12.3. The van der Waals surface area contributed by atoms with Crippen LogP contribution in [0, 0.1) is 0 Å². The largest absolute Gasteiger partial charge is 0.504 e. The van der Waals surface area contributed by atoms with E-state index in [1.165, 1.54) is 18.2 Å². The molecule has 4 heteroatoms. The number of phenolic OH excluding ortho intramolecular Hbond substituents is 2. The number of hydrogen-bond acceptors (Lipinski definition) is 3. The smallest absolute Gasteiger partial charge is 0.259 e. The van der Waals surface area contributed by atoms with Gasteiger partial charge < -0.3 is 15.5 Å². The second kappa shape index (κ2) is 5.48. The summed E-state index contributed by atoms with van der Waals surface area (Å²) in [5, 5.41) is 22.0. The quantitative estimate of drug-likeness (QED) is 0.738. The Hall–Kier alpha value is -2.49. The summed E-state index contributed by atoms with van der Waals surface area (Å²) in [5.74, 6) is -1.19. The van der Waals surface area contributed by atoms with Gasteiger partial charge in [-0.05, 0) is 29.2 Å². The molecule has 0 radical (unpaired) electrons. The van der Waals surface area contributed by atoms with Crippen LogP contribution < -0.4 is 5.32 Å². The lowest BCUT2D eigenvalue weighted by Crippen LogP contribution is -2.18. The van der Waals surface area contributed by atoms with Gasteiger partial charge in [0.05, 0.1) is 5.56 Å². The molecule has 0 aliphatic heterocycles. The van der Waals surface area contributed by atoms with Crippen molar-refractivity contribution in [3.05, 3.63) is 53.6 Å². The molecular weight excluding hydrogens is 266 g/mol. The van der Waals surface area contributed by atoms with E-state index in [-0.39, 0.29) is 16.7 Å². The van der Waals surface area contributed by atoms with Crippen molar-refractivity contribution in [3.8, 4) is 11.5 Å². The van der Waals surface area contributed by atoms with Crippen LogP contribution in [-0.2, 0) is 5.41 Å². The number of carbonyl (C=O) groups is 1. The molecule has 2 rings (SSSR count). The molecule has 2 aromatic carbocycles. The van der Waals surface area contributed by atoms with Crippen molar-refractivity contribution in [3.63, 3.8) is 0 Å². The van der Waals surface area contributed by atoms with E-state index >= 15 is 0 Å². The summed E-state index contributed by atoms with van der Waals surface area (Å²) >= 11 is 0. The number of hydrogen-bond donors (Lipinski definition) is 3. The highest BCUT2D eigenvalue weighted by Gasteiger charge is 2.20. The van der Waals surface area contributed by atoms with Gasteiger partial charge in [-0.25, -0.2) is 0 Å². The molecule has 3 N–H and O–H groups in total. The van der Waals surface area contributed by atoms with Gasteiger partial charge in [0.2, 0.25) is 0 Å². The van der Waals surface area contributed by atoms with Gasteiger partial charge in [-0.2, -0.15) is 0 Å². The van der Waals surface area contributed by atoms with Gasteiger partial charge in [0, 0.05) is 5.69 Å². The standard InChI is InChI=1S/C17H19NO3/c1-17(2,3)12-8-4-5-9-13(12)18-16(21)11-7-6-10-14(19)15(11)20/h4-10,19-20H,1-3H3,(H,18,21). The molecule has 0 heterocycles. The molecule has 21 heavy (non-hydrogen) atoms. The molecule has 0 bridgehead atoms. The maximum atomic E-state index is 12.3. The number of carbonyl (C=O) groups excluding carboxylic acids is 1. The number of nitrogens with one attached hydrogen (secondary N) is 1. The fraction of sp³-hybridized carbons (Fsp3) is 0.235. The molecule has 0 unspecified atom stereocenters. The summed E-state index contributed by atoms with van der Waals surface area (Å²) in [7, 11) is 0. The molecule has 0 fully saturated rings. The number of rotatable bonds is 2. The third-order valence-corrected chi connectivity index (χ3v) is 3.24. The molecule has 0 spiro atoms. The Morgan fingerprint density at radius 1 is 1.00 bits per heavy atom. The molecule has 0 aliphatic carbocycles. The van der Waals surface area contributed by atoms with E-state index < -0.39 is 11.7 Å². The summed E-state index contributed by atoms with van der Waals surface area (Å²) in [5.41, 5.74) is 1.61. The predicted octanol–water partition coefficient (Wildman–Crippen LogP) is 3.65. The molecule has 0 saturated heterocycles. The minimum atomic E-state index is -0.458. The summed E-state index contributed by atoms with van der Waals surface area (Å²) in [6, 6.07) is 11.8. The average Bonchev–Trinajstić information content (AvgIpc) is 2.41. The minimum absolute atomic E-state index is 0.0405. The zero-order chi connectivity index (χ0) is 15.6. The van der Waals surface area contributed by atoms with Crippen molar-refractivity contribution in [2.75, 3.05) is 5.32 Å². The predicted molar refractivity (Wildman–Crippen MR) is 82.9 cm³/mol. The van der Waals surface area contributed by atoms with Gasteiger partial charge in [-0.3, -0.25) is 4.79 Å². The van der Waals surface area contributed by atoms with Crippen molar-refractivity contribution in [1.29, 1.82) is 0 Å². The molecule has 2 aromatic rings. The molecule has 0 aromatic heterocycles. The van der Waals surface area contributed by atoms with Crippen LogP contribution in [0.3, 0.4) is 0 Å². The van der Waals surface area contributed by atoms with Crippen LogP contribution >= 0.6 is 0 Å². The first-order valence-corrected chi connectivity index (χ1v) is 6.72. The second-order valence-corrected chi connectivity index (χ2v) is 5.92. The van der Waals surface area contributed by atoms with Crippen LogP contribution in [0.2, 0.25) is 0 Å². The third kappa shape index (κ3) is 3.16. The Labute approximate surface area is 124 Å². The number of phenols is 2. The zero-order valence-electron chi connectivity index (χ0n) is 12.3. The van der Waals surface area contributed by atoms with Crippen LogP contribution in [0.25, 0.3) is 0 Å². The van der Waals surface area contributed by atoms with Crippen LogP contribution in [0.5, 0.6) is 11.5 Å². The van der Waals surface area contributed by atoms with Gasteiger partial charge in [0.25, 0.3) is 5.91 Å². The van der Waals surface area contributed by atoms with Gasteiger partial charge in [-0.15, -0.1) is 0 Å². The van der Waals surface area contributed by atoms with E-state index in [2.05, 4.69) is 26.1 Å². The Bertz CT molecular complexity index is 672. The summed E-state index contributed by atoms with van der Waals surface area (Å²) in [4.78, 5) is 12.3. The van der Waals surface area contributed by atoms with Crippen LogP contribution in [0.1, 0.15) is 36.7 Å². The first-order chi connectivity index (χ1) is 9.80. The van der Waals surface area contributed by atoms with Gasteiger partial charge in [0.15, 0.2) is 11.5 Å². The van der Waals surface area contributed by atoms with E-state index in [4.69, 9.17) is 0 Å². The van der Waals surface area contributed by atoms with Crippen molar-refractivity contribution in [2.45, 2.75) is 26.2 Å². The molecule has 0 atom stereocenters. The molecule has 0 saturated carbocycles. The Balaban J connectivity index is 2.35. The Morgan fingerprint density at radius 2 is 1.67 bits per heavy atom. The van der Waals surface area contributed by atoms with Gasteiger partial charge in [-0.1, -0.05) is 45.0 Å². The molecule has 1 amide bonds. The van der Waals surface area contributed by atoms with E-state index in [0.717, 1.165) is 5.56 Å². The lowest BCUT2D eigenvalue weighted by molar-refractivity contribution is 0.102. The van der Waals surface area contributed by atoms with E-state index in [9.17, 15) is 15.0 Å². The highest BCUT2D eigenvalue weighted by atomic mass is 16.3. The molecular formula is C17H19NO3. The number of aromatic hydroxyl groups is 2. The third-order valence-electron chi connectivity index (χ3n) is 3.24. The van der Waals surface area contributed by atoms with Crippen LogP contribution in [0.4, 0.5) is 5.69 Å². The van der Waals surface area contributed by atoms with Gasteiger partial charge >= 0.3 is 0 Å². The fourth-order valence-electron chi connectivity index (χ4n) is 2.15. The van der Waals surface area contributed by atoms with E-state index in [0.29, 0.717) is 5.69 Å². The lowest BCUT2D eigenvalue weighted by atomic mass is 9.86. The Kier molecular flexibility index (Phi) is 3.89. The fourth-order valence-corrected chi connectivity index (χ4v) is 2.15. The maximum absolute atomic E-state index is 12.3. The molecule has 110 valence electrons. The van der Waals surface area contributed by atoms with Crippen molar-refractivity contribution < 1.29 is 15.0 Å². The normalized spacial score (nSPS) is 11.2. The molecule has 4 nitrogen and oxygen atoms in total. The van der Waals surface area contributed by atoms with Crippen molar-refractivity contribution in [2.24, 2.45) is 0 Å². The lowest BCUT2D eigenvalue weighted by Gasteiger charge is -2.23. The molecule has 0 aliphatic rings. The van der Waals surface area contributed by atoms with Crippen LogP contribution in [-0.4, -0.2) is 16.1 Å². The first kappa shape index (κ1) is 14.9. The number of anilines is 1. The number of benzene rings is 2. The highest BCUT2D eigenvalue weighted by molar-refractivity contribution is 6.07. The van der Waals surface area contributed by atoms with Gasteiger partial charge in [0.1, 0.15) is 0 Å². The maximum Gasteiger partial charge on any atom is 0.259 e. The summed E-state index contributed by atoms with van der Waals surface area (Å²) < 4.78 is 0. The monoisotopic (exact) mass is 285 g/mol. The second-order valence-electron chi connectivity index (χ2n) is 5.92. The first-order valence-electron chi connectivity index (χ1n) is 6.72. The summed E-state index contributed by atoms with van der Waals surface area (Å²) in [6.45, 7) is 6.18. The number of amides is 1. The van der Waals surface area contributed by atoms with Crippen molar-refractivity contribution in [1.82, 2.24) is 0 Å². The summed E-state index contributed by atoms with van der Waals surface area (Å²) in [6.07, 6.45) is 0. The minimum Gasteiger partial charge on any atom is -0.504 e. The SMILES string of the molecule is CC(C)(C)c1ccccc1NC(=O)c1cccc(O)c1O.